The summed E-state index contributed by atoms with van der Waals surface area (Å²) < 4.78 is 15.6. The van der Waals surface area contributed by atoms with Gasteiger partial charge in [0.1, 0.15) is 6.79 Å². The van der Waals surface area contributed by atoms with Crippen LogP contribution in [-0.2, 0) is 14.2 Å². The molecule has 17 heavy (non-hydrogen) atoms. The highest BCUT2D eigenvalue weighted by Gasteiger charge is 2.27. The third kappa shape index (κ3) is 8.32. The van der Waals surface area contributed by atoms with Gasteiger partial charge in [0, 0.05) is 7.11 Å². The highest BCUT2D eigenvalue weighted by atomic mass is 16.7. The Bertz CT molecular complexity index is 208. The van der Waals surface area contributed by atoms with Gasteiger partial charge in [-0.25, -0.2) is 0 Å². The summed E-state index contributed by atoms with van der Waals surface area (Å²) in [5.41, 5.74) is 0.164. The first-order chi connectivity index (χ1) is 7.91. The first-order valence-electron chi connectivity index (χ1n) is 5.99. The van der Waals surface area contributed by atoms with Crippen molar-refractivity contribution in [3.05, 3.63) is 12.2 Å². The van der Waals surface area contributed by atoms with Gasteiger partial charge in [-0.2, -0.15) is 0 Å². The summed E-state index contributed by atoms with van der Waals surface area (Å²) >= 11 is 0. The van der Waals surface area contributed by atoms with E-state index in [4.69, 9.17) is 14.2 Å². The van der Waals surface area contributed by atoms with Crippen molar-refractivity contribution in [2.24, 2.45) is 0 Å². The molecular weight excluding hydrogens is 220 g/mol. The van der Waals surface area contributed by atoms with Crippen LogP contribution >= 0.6 is 0 Å². The number of ether oxygens (including phenoxy) is 3. The van der Waals surface area contributed by atoms with Crippen molar-refractivity contribution in [1.82, 2.24) is 0 Å². The Morgan fingerprint density at radius 1 is 1.35 bits per heavy atom. The third-order valence-corrected chi connectivity index (χ3v) is 2.55. The summed E-state index contributed by atoms with van der Waals surface area (Å²) in [4.78, 5) is 0. The molecule has 0 aliphatic carbocycles. The zero-order chi connectivity index (χ0) is 13.3. The summed E-state index contributed by atoms with van der Waals surface area (Å²) in [5.74, 6) is 0. The Kier molecular flexibility index (Phi) is 8.43. The van der Waals surface area contributed by atoms with E-state index in [-0.39, 0.29) is 12.9 Å². The van der Waals surface area contributed by atoms with E-state index in [0.29, 0.717) is 19.6 Å². The van der Waals surface area contributed by atoms with Crippen LogP contribution in [-0.4, -0.2) is 43.9 Å². The lowest BCUT2D eigenvalue weighted by atomic mass is 9.95. The fraction of sp³-hybridized carbons (Fsp3) is 0.846. The Balaban J connectivity index is 3.99. The molecule has 0 fully saturated rings. The molecule has 1 unspecified atom stereocenters. The molecule has 102 valence electrons. The number of hydrogen-bond acceptors (Lipinski definition) is 4. The van der Waals surface area contributed by atoms with Crippen molar-refractivity contribution < 1.29 is 19.3 Å². The lowest BCUT2D eigenvalue weighted by Crippen LogP contribution is -2.39. The largest absolute Gasteiger partial charge is 0.388 e. The SMILES string of the molecule is C=C(CC)CC(OCOCCOC)C(C)(C)O. The van der Waals surface area contributed by atoms with Crippen molar-refractivity contribution >= 4 is 0 Å². The number of hydrogen-bond donors (Lipinski definition) is 1. The van der Waals surface area contributed by atoms with Crippen LogP contribution in [0.1, 0.15) is 33.6 Å². The second kappa shape index (κ2) is 8.64. The van der Waals surface area contributed by atoms with Crippen molar-refractivity contribution in [1.29, 1.82) is 0 Å². The quantitative estimate of drug-likeness (QED) is 0.364. The van der Waals surface area contributed by atoms with Crippen LogP contribution in [0.3, 0.4) is 0 Å². The van der Waals surface area contributed by atoms with E-state index in [9.17, 15) is 5.11 Å². The van der Waals surface area contributed by atoms with E-state index in [2.05, 4.69) is 6.58 Å². The van der Waals surface area contributed by atoms with Crippen LogP contribution in [0.15, 0.2) is 12.2 Å². The lowest BCUT2D eigenvalue weighted by Gasteiger charge is -2.29. The molecule has 4 heteroatoms. The van der Waals surface area contributed by atoms with Gasteiger partial charge in [-0.3, -0.25) is 0 Å². The van der Waals surface area contributed by atoms with Crippen LogP contribution < -0.4 is 0 Å². The van der Waals surface area contributed by atoms with E-state index in [0.717, 1.165) is 12.0 Å². The molecule has 0 amide bonds. The van der Waals surface area contributed by atoms with Gasteiger partial charge in [-0.1, -0.05) is 19.1 Å². The molecule has 0 heterocycles. The molecule has 0 rings (SSSR count). The predicted octanol–water partition coefficient (Wildman–Crippen LogP) is 2.12. The van der Waals surface area contributed by atoms with Gasteiger partial charge < -0.3 is 19.3 Å². The van der Waals surface area contributed by atoms with Gasteiger partial charge >= 0.3 is 0 Å². The smallest absolute Gasteiger partial charge is 0.147 e. The summed E-state index contributed by atoms with van der Waals surface area (Å²) in [6.45, 7) is 10.6. The maximum Gasteiger partial charge on any atom is 0.147 e. The standard InChI is InChI=1S/C13H26O4/c1-6-11(2)9-12(13(3,4)14)17-10-16-8-7-15-5/h12,14H,2,6-10H2,1,3-5H3. The maximum absolute atomic E-state index is 9.98. The first kappa shape index (κ1) is 16.6. The van der Waals surface area contributed by atoms with E-state index < -0.39 is 5.60 Å². The van der Waals surface area contributed by atoms with Crippen molar-refractivity contribution in [3.8, 4) is 0 Å². The van der Waals surface area contributed by atoms with Gasteiger partial charge in [-0.15, -0.1) is 0 Å². The zero-order valence-electron chi connectivity index (χ0n) is 11.5. The average Bonchev–Trinajstić information content (AvgIpc) is 2.25. The summed E-state index contributed by atoms with van der Waals surface area (Å²) in [7, 11) is 1.62. The minimum absolute atomic E-state index is 0.162. The Hall–Kier alpha value is -0.420. The number of rotatable bonds is 10. The van der Waals surface area contributed by atoms with E-state index in [1.54, 1.807) is 21.0 Å². The molecule has 1 atom stereocenters. The van der Waals surface area contributed by atoms with Gasteiger partial charge in [-0.05, 0) is 26.7 Å². The van der Waals surface area contributed by atoms with Gasteiger partial charge in [0.15, 0.2) is 0 Å². The summed E-state index contributed by atoms with van der Waals surface area (Å²) in [6, 6.07) is 0. The molecule has 0 bridgehead atoms. The first-order valence-corrected chi connectivity index (χ1v) is 5.99. The predicted molar refractivity (Wildman–Crippen MR) is 67.9 cm³/mol. The monoisotopic (exact) mass is 246 g/mol. The number of methoxy groups -OCH3 is 1. The maximum atomic E-state index is 9.98. The molecule has 4 nitrogen and oxygen atoms in total. The Morgan fingerprint density at radius 2 is 2.00 bits per heavy atom. The van der Waals surface area contributed by atoms with E-state index in [1.165, 1.54) is 0 Å². The third-order valence-electron chi connectivity index (χ3n) is 2.55. The summed E-state index contributed by atoms with van der Waals surface area (Å²) in [5, 5.41) is 9.98. The number of aliphatic hydroxyl groups is 1. The summed E-state index contributed by atoms with van der Waals surface area (Å²) in [6.07, 6.45) is 1.24. The molecule has 0 aromatic carbocycles. The van der Waals surface area contributed by atoms with Gasteiger partial charge in [0.25, 0.3) is 0 Å². The average molecular weight is 246 g/mol. The molecule has 1 N–H and O–H groups in total. The lowest BCUT2D eigenvalue weighted by molar-refractivity contribution is -0.153. The van der Waals surface area contributed by atoms with Crippen LogP contribution in [0.4, 0.5) is 0 Å². The zero-order valence-corrected chi connectivity index (χ0v) is 11.5. The van der Waals surface area contributed by atoms with Crippen LogP contribution in [0.25, 0.3) is 0 Å². The highest BCUT2D eigenvalue weighted by Crippen LogP contribution is 2.20. The fourth-order valence-corrected chi connectivity index (χ4v) is 1.25. The van der Waals surface area contributed by atoms with Crippen LogP contribution in [0.2, 0.25) is 0 Å². The minimum atomic E-state index is -0.900. The van der Waals surface area contributed by atoms with Gasteiger partial charge in [0.2, 0.25) is 0 Å². The second-order valence-corrected chi connectivity index (χ2v) is 4.64. The molecule has 0 aliphatic heterocycles. The highest BCUT2D eigenvalue weighted by molar-refractivity contribution is 4.98. The fourth-order valence-electron chi connectivity index (χ4n) is 1.25. The van der Waals surface area contributed by atoms with Crippen LogP contribution in [0.5, 0.6) is 0 Å². The normalized spacial score (nSPS) is 13.7. The van der Waals surface area contributed by atoms with Crippen molar-refractivity contribution in [2.75, 3.05) is 27.1 Å². The molecule has 0 aliphatic rings. The topological polar surface area (TPSA) is 47.9 Å². The van der Waals surface area contributed by atoms with E-state index in [1.807, 2.05) is 6.92 Å². The molecule has 0 radical (unpaired) electrons. The van der Waals surface area contributed by atoms with E-state index >= 15 is 0 Å². The van der Waals surface area contributed by atoms with Crippen molar-refractivity contribution in [3.63, 3.8) is 0 Å². The van der Waals surface area contributed by atoms with Gasteiger partial charge in [0.05, 0.1) is 24.9 Å². The molecular formula is C13H26O4. The Morgan fingerprint density at radius 3 is 2.47 bits per heavy atom. The molecule has 0 aromatic heterocycles. The second-order valence-electron chi connectivity index (χ2n) is 4.64. The minimum Gasteiger partial charge on any atom is -0.388 e. The van der Waals surface area contributed by atoms with Crippen LogP contribution in [0, 0.1) is 0 Å². The molecule has 0 aromatic rings. The molecule has 0 saturated heterocycles. The Labute approximate surface area is 105 Å². The van der Waals surface area contributed by atoms with Crippen molar-refractivity contribution in [2.45, 2.75) is 45.3 Å². The molecule has 0 spiro atoms. The molecule has 0 saturated carbocycles.